The molecule has 2 bridgehead atoms. The standard InChI is InChI=1S/C36H55N5O2S2.BrH/c1-5-7-19-36(20-8-6-2)27-45(42,43)33-15-14-31(40(3)4)26-32(33)34(39-36)29-10-12-30(13-11-29)38-35(44)37-21-9-22-41-23-16-28(17-24-41)18-25-41;/h10-15,26,28,34,39H,5-9,16-25,27H2,1-4H3,(H-,37,38,44);1H. The van der Waals surface area contributed by atoms with E-state index in [1.807, 2.05) is 31.1 Å². The largest absolute Gasteiger partial charge is 1.00 e. The molecule has 0 aromatic heterocycles. The molecule has 46 heavy (non-hydrogen) atoms. The molecule has 0 spiro atoms. The maximum Gasteiger partial charge on any atom is 0.180 e. The zero-order valence-electron chi connectivity index (χ0n) is 28.4. The number of thiocarbonyl (C=S) groups is 1. The molecule has 4 aliphatic rings. The first kappa shape index (κ1) is 37.1. The third-order valence-electron chi connectivity index (χ3n) is 10.7. The number of sulfone groups is 1. The number of anilines is 2. The van der Waals surface area contributed by atoms with E-state index >= 15 is 0 Å². The molecule has 0 aliphatic carbocycles. The van der Waals surface area contributed by atoms with Crippen LogP contribution in [0.2, 0.25) is 0 Å². The van der Waals surface area contributed by atoms with Gasteiger partial charge in [0.1, 0.15) is 0 Å². The highest BCUT2D eigenvalue weighted by atomic mass is 79.9. The second kappa shape index (κ2) is 16.1. The summed E-state index contributed by atoms with van der Waals surface area (Å²) >= 11 is 5.66. The molecule has 0 saturated carbocycles. The van der Waals surface area contributed by atoms with E-state index < -0.39 is 15.4 Å². The van der Waals surface area contributed by atoms with Gasteiger partial charge in [-0.15, -0.1) is 0 Å². The number of benzene rings is 2. The molecule has 3 fully saturated rings. The van der Waals surface area contributed by atoms with Crippen LogP contribution in [-0.4, -0.2) is 76.1 Å². The van der Waals surface area contributed by atoms with Crippen LogP contribution in [0.4, 0.5) is 11.4 Å². The number of unbranched alkanes of at least 4 members (excludes halogenated alkanes) is 2. The molecule has 6 rings (SSSR count). The van der Waals surface area contributed by atoms with Crippen LogP contribution >= 0.6 is 12.2 Å². The molecule has 1 atom stereocenters. The van der Waals surface area contributed by atoms with Gasteiger partial charge in [-0.25, -0.2) is 8.42 Å². The van der Waals surface area contributed by atoms with Crippen molar-refractivity contribution in [3.05, 3.63) is 53.6 Å². The Bertz CT molecular complexity index is 1390. The smallest absolute Gasteiger partial charge is 0.180 e. The maximum atomic E-state index is 14.0. The second-order valence-corrected chi connectivity index (χ2v) is 16.6. The summed E-state index contributed by atoms with van der Waals surface area (Å²) in [5.74, 6) is 1.12. The third-order valence-corrected chi connectivity index (χ3v) is 12.9. The summed E-state index contributed by atoms with van der Waals surface area (Å²) in [5, 5.41) is 11.4. The van der Waals surface area contributed by atoms with Crippen LogP contribution in [-0.2, 0) is 9.84 Å². The SMILES string of the molecule is CCCCC1(CCCC)CS(=O)(=O)c2ccc(N(C)C)cc2C(c2ccc(NC(=S)NCCC[N+]34CCC(CC3)CC4)cc2)N1.[Br-]. The molecule has 1 unspecified atom stereocenters. The molecule has 7 nitrogen and oxygen atoms in total. The van der Waals surface area contributed by atoms with Crippen molar-refractivity contribution < 1.29 is 29.9 Å². The van der Waals surface area contributed by atoms with E-state index in [0.717, 1.165) is 79.9 Å². The van der Waals surface area contributed by atoms with Crippen molar-refractivity contribution in [2.45, 2.75) is 94.5 Å². The van der Waals surface area contributed by atoms with Crippen LogP contribution in [0.1, 0.15) is 95.2 Å². The van der Waals surface area contributed by atoms with Crippen LogP contribution in [0, 0.1) is 5.92 Å². The minimum atomic E-state index is -3.50. The summed E-state index contributed by atoms with van der Waals surface area (Å²) in [7, 11) is 0.500. The van der Waals surface area contributed by atoms with Crippen molar-refractivity contribution in [3.63, 3.8) is 0 Å². The Morgan fingerprint density at radius 3 is 2.20 bits per heavy atom. The lowest BCUT2D eigenvalue weighted by Crippen LogP contribution is -3.00. The van der Waals surface area contributed by atoms with E-state index in [2.05, 4.69) is 60.1 Å². The lowest BCUT2D eigenvalue weighted by molar-refractivity contribution is -0.942. The Morgan fingerprint density at radius 2 is 1.61 bits per heavy atom. The van der Waals surface area contributed by atoms with E-state index in [1.165, 1.54) is 49.9 Å². The number of fused-ring (bicyclic) bond motifs is 4. The zero-order chi connectivity index (χ0) is 32.1. The van der Waals surface area contributed by atoms with E-state index in [0.29, 0.717) is 10.0 Å². The Labute approximate surface area is 294 Å². The molecule has 3 N–H and O–H groups in total. The van der Waals surface area contributed by atoms with Gasteiger partial charge in [-0.3, -0.25) is 5.32 Å². The fourth-order valence-electron chi connectivity index (χ4n) is 7.92. The number of halogens is 1. The Morgan fingerprint density at radius 1 is 0.978 bits per heavy atom. The molecule has 2 aromatic carbocycles. The number of nitrogens with zero attached hydrogens (tertiary/aromatic N) is 2. The maximum absolute atomic E-state index is 14.0. The quantitative estimate of drug-likeness (QED) is 0.165. The first-order valence-electron chi connectivity index (χ1n) is 17.4. The molecular weight excluding hydrogens is 678 g/mol. The number of hydrogen-bond acceptors (Lipinski definition) is 5. The molecule has 10 heteroatoms. The van der Waals surface area contributed by atoms with Gasteiger partial charge in [0.25, 0.3) is 0 Å². The summed E-state index contributed by atoms with van der Waals surface area (Å²) in [6, 6.07) is 13.9. The highest BCUT2D eigenvalue weighted by Crippen LogP contribution is 2.40. The van der Waals surface area contributed by atoms with Gasteiger partial charge in [-0.2, -0.15) is 0 Å². The number of piperidine rings is 3. The fourth-order valence-corrected chi connectivity index (χ4v) is 10.2. The van der Waals surface area contributed by atoms with E-state index in [9.17, 15) is 8.42 Å². The number of hydrogen-bond donors (Lipinski definition) is 3. The van der Waals surface area contributed by atoms with Gasteiger partial charge in [0.05, 0.1) is 42.9 Å². The lowest BCUT2D eigenvalue weighted by atomic mass is 9.85. The third kappa shape index (κ3) is 8.84. The molecule has 3 saturated heterocycles. The van der Waals surface area contributed by atoms with E-state index in [-0.39, 0.29) is 28.8 Å². The summed E-state index contributed by atoms with van der Waals surface area (Å²) in [4.78, 5) is 2.49. The summed E-state index contributed by atoms with van der Waals surface area (Å²) < 4.78 is 29.3. The lowest BCUT2D eigenvalue weighted by Gasteiger charge is -2.49. The van der Waals surface area contributed by atoms with Gasteiger partial charge >= 0.3 is 0 Å². The predicted octanol–water partition coefficient (Wildman–Crippen LogP) is 3.65. The summed E-state index contributed by atoms with van der Waals surface area (Å²) in [6.07, 6.45) is 11.1. The molecule has 4 aliphatic heterocycles. The summed E-state index contributed by atoms with van der Waals surface area (Å²) in [6.45, 7) is 10.6. The number of nitrogens with one attached hydrogen (secondary N) is 3. The summed E-state index contributed by atoms with van der Waals surface area (Å²) in [5.41, 5.74) is 3.34. The molecule has 2 aromatic rings. The van der Waals surface area contributed by atoms with Gasteiger partial charge in [0.15, 0.2) is 14.9 Å². The average molecular weight is 735 g/mol. The monoisotopic (exact) mass is 733 g/mol. The molecule has 0 radical (unpaired) electrons. The fraction of sp³-hybridized carbons (Fsp3) is 0.639. The Kier molecular flexibility index (Phi) is 13.0. The van der Waals surface area contributed by atoms with Crippen molar-refractivity contribution in [2.24, 2.45) is 5.92 Å². The van der Waals surface area contributed by atoms with Gasteiger partial charge < -0.3 is 37.0 Å². The molecular formula is C36H56BrN5O2S2. The predicted molar refractivity (Wildman–Crippen MR) is 192 cm³/mol. The van der Waals surface area contributed by atoms with Gasteiger partial charge in [0, 0.05) is 44.0 Å². The van der Waals surface area contributed by atoms with Crippen LogP contribution < -0.4 is 37.8 Å². The van der Waals surface area contributed by atoms with Crippen LogP contribution in [0.5, 0.6) is 0 Å². The van der Waals surface area contributed by atoms with Crippen molar-refractivity contribution >= 4 is 38.5 Å². The number of rotatable bonds is 13. The Balaban J connectivity index is 0.00000480. The second-order valence-electron chi connectivity index (χ2n) is 14.3. The van der Waals surface area contributed by atoms with E-state index in [4.69, 9.17) is 12.2 Å². The van der Waals surface area contributed by atoms with Crippen molar-refractivity contribution in [3.8, 4) is 0 Å². The minimum absolute atomic E-state index is 0. The van der Waals surface area contributed by atoms with Crippen molar-refractivity contribution in [1.82, 2.24) is 10.6 Å². The molecule has 0 amide bonds. The van der Waals surface area contributed by atoms with Crippen LogP contribution in [0.25, 0.3) is 0 Å². The van der Waals surface area contributed by atoms with Crippen LogP contribution in [0.3, 0.4) is 0 Å². The normalized spacial score (nSPS) is 24.3. The van der Waals surface area contributed by atoms with Gasteiger partial charge in [-0.05, 0) is 91.7 Å². The first-order valence-corrected chi connectivity index (χ1v) is 19.5. The highest BCUT2D eigenvalue weighted by Gasteiger charge is 2.43. The van der Waals surface area contributed by atoms with Gasteiger partial charge in [0.2, 0.25) is 0 Å². The number of quaternary nitrogens is 1. The van der Waals surface area contributed by atoms with Gasteiger partial charge in [-0.1, -0.05) is 51.7 Å². The average Bonchev–Trinajstić information content (AvgIpc) is 3.14. The van der Waals surface area contributed by atoms with Crippen LogP contribution in [0.15, 0.2) is 47.4 Å². The molecule has 4 heterocycles. The molecule has 256 valence electrons. The van der Waals surface area contributed by atoms with Crippen molar-refractivity contribution in [2.75, 3.05) is 62.8 Å². The first-order chi connectivity index (χ1) is 21.6. The topological polar surface area (TPSA) is 73.5 Å². The Hall–Kier alpha value is -1.72. The van der Waals surface area contributed by atoms with Crippen molar-refractivity contribution in [1.29, 1.82) is 0 Å². The zero-order valence-corrected chi connectivity index (χ0v) is 31.6. The highest BCUT2D eigenvalue weighted by molar-refractivity contribution is 7.91. The van der Waals surface area contributed by atoms with E-state index in [1.54, 1.807) is 0 Å². The minimum Gasteiger partial charge on any atom is -1.00 e.